The van der Waals surface area contributed by atoms with Crippen molar-refractivity contribution in [1.29, 1.82) is 0 Å². The summed E-state index contributed by atoms with van der Waals surface area (Å²) in [7, 11) is 0. The topological polar surface area (TPSA) is 120 Å². The summed E-state index contributed by atoms with van der Waals surface area (Å²) >= 11 is 0. The Kier molecular flexibility index (Phi) is 15.0. The number of carboxylic acid groups (broad SMARTS) is 3. The van der Waals surface area contributed by atoms with Crippen molar-refractivity contribution in [3.05, 3.63) is 106 Å². The summed E-state index contributed by atoms with van der Waals surface area (Å²) in [5.41, 5.74) is 3.38. The molecule has 0 aliphatic rings. The minimum Gasteiger partial charge on any atom is -0.545 e. The van der Waals surface area contributed by atoms with Gasteiger partial charge in [0.25, 0.3) is 0 Å². The molecule has 0 radical (unpaired) electrons. The standard InChI is InChI=1S/3C9H10O2.In/c3*1-2-7-5-3-4-6-8(7)9(10)11;/h3*3-6H,2H2,1H3,(H,10,11);/q;;;+3/p-3. The van der Waals surface area contributed by atoms with E-state index in [1.54, 1.807) is 54.6 Å². The third kappa shape index (κ3) is 9.83. The summed E-state index contributed by atoms with van der Waals surface area (Å²) in [4.78, 5) is 31.4. The second-order valence-electron chi connectivity index (χ2n) is 6.89. The first-order chi connectivity index (χ1) is 15.8. The van der Waals surface area contributed by atoms with Crippen molar-refractivity contribution in [2.75, 3.05) is 0 Å². The fraction of sp³-hybridized carbons (Fsp3) is 0.222. The Morgan fingerprint density at radius 2 is 0.706 bits per heavy atom. The summed E-state index contributed by atoms with van der Waals surface area (Å²) in [5, 5.41) is 31.4. The van der Waals surface area contributed by atoms with Crippen molar-refractivity contribution in [2.24, 2.45) is 0 Å². The van der Waals surface area contributed by atoms with Crippen molar-refractivity contribution in [1.82, 2.24) is 0 Å². The minimum atomic E-state index is -1.09. The third-order valence-corrected chi connectivity index (χ3v) is 4.85. The molecule has 0 unspecified atom stereocenters. The molecule has 0 saturated heterocycles. The van der Waals surface area contributed by atoms with Crippen LogP contribution < -0.4 is 15.3 Å². The van der Waals surface area contributed by atoms with E-state index in [9.17, 15) is 29.7 Å². The van der Waals surface area contributed by atoms with Crippen LogP contribution in [-0.2, 0) is 19.3 Å². The van der Waals surface area contributed by atoms with Crippen molar-refractivity contribution < 1.29 is 29.7 Å². The van der Waals surface area contributed by atoms with Crippen LogP contribution in [0, 0.1) is 0 Å². The molecular formula is C27H27InO6. The van der Waals surface area contributed by atoms with Crippen LogP contribution in [-0.4, -0.2) is 43.8 Å². The van der Waals surface area contributed by atoms with E-state index in [1.807, 2.05) is 39.0 Å². The van der Waals surface area contributed by atoms with Gasteiger partial charge in [0.15, 0.2) is 0 Å². The molecule has 0 fully saturated rings. The van der Waals surface area contributed by atoms with E-state index in [1.165, 1.54) is 0 Å². The molecule has 6 nitrogen and oxygen atoms in total. The summed E-state index contributed by atoms with van der Waals surface area (Å²) in [6.07, 6.45) is 2.18. The Bertz CT molecular complexity index is 941. The average molecular weight is 562 g/mol. The maximum Gasteiger partial charge on any atom is 3.00 e. The van der Waals surface area contributed by atoms with Crippen LogP contribution in [0.3, 0.4) is 0 Å². The predicted octanol–water partition coefficient (Wildman–Crippen LogP) is 1.46. The smallest absolute Gasteiger partial charge is 0.545 e. The van der Waals surface area contributed by atoms with Gasteiger partial charge in [-0.3, -0.25) is 0 Å². The fourth-order valence-electron chi connectivity index (χ4n) is 3.08. The van der Waals surface area contributed by atoms with Gasteiger partial charge >= 0.3 is 25.8 Å². The van der Waals surface area contributed by atoms with Gasteiger partial charge in [-0.2, -0.15) is 0 Å². The minimum absolute atomic E-state index is 0. The van der Waals surface area contributed by atoms with Crippen LogP contribution in [0.4, 0.5) is 0 Å². The first-order valence-electron chi connectivity index (χ1n) is 10.6. The molecule has 3 aromatic rings. The van der Waals surface area contributed by atoms with Gasteiger partial charge in [-0.1, -0.05) is 93.6 Å². The molecule has 0 atom stereocenters. The van der Waals surface area contributed by atoms with Gasteiger partial charge in [0.1, 0.15) is 0 Å². The molecule has 3 rings (SSSR count). The number of carbonyl (C=O) groups is 3. The zero-order valence-electron chi connectivity index (χ0n) is 19.6. The number of rotatable bonds is 6. The summed E-state index contributed by atoms with van der Waals surface area (Å²) in [6.45, 7) is 5.76. The normalized spacial score (nSPS) is 9.26. The molecule has 0 N–H and O–H groups in total. The number of benzene rings is 3. The van der Waals surface area contributed by atoms with E-state index < -0.39 is 17.9 Å². The molecule has 0 aliphatic carbocycles. The van der Waals surface area contributed by atoms with E-state index in [4.69, 9.17) is 0 Å². The molecule has 0 amide bonds. The molecule has 0 aromatic heterocycles. The molecule has 0 aliphatic heterocycles. The van der Waals surface area contributed by atoms with Gasteiger partial charge in [-0.05, 0) is 36.0 Å². The van der Waals surface area contributed by atoms with E-state index in [2.05, 4.69) is 0 Å². The summed E-state index contributed by atoms with van der Waals surface area (Å²) in [5.74, 6) is -3.28. The van der Waals surface area contributed by atoms with Gasteiger partial charge in [0.2, 0.25) is 0 Å². The molecule has 0 spiro atoms. The van der Waals surface area contributed by atoms with Crippen molar-refractivity contribution in [3.8, 4) is 0 Å². The van der Waals surface area contributed by atoms with Gasteiger partial charge in [0.05, 0.1) is 17.9 Å². The summed E-state index contributed by atoms with van der Waals surface area (Å²) < 4.78 is 0. The van der Waals surface area contributed by atoms with Crippen molar-refractivity contribution in [2.45, 2.75) is 40.0 Å². The maximum atomic E-state index is 10.5. The Morgan fingerprint density at radius 1 is 0.500 bits per heavy atom. The second-order valence-corrected chi connectivity index (χ2v) is 6.89. The second kappa shape index (κ2) is 16.5. The van der Waals surface area contributed by atoms with Crippen LogP contribution in [0.15, 0.2) is 72.8 Å². The number of hydrogen-bond acceptors (Lipinski definition) is 6. The Labute approximate surface area is 219 Å². The van der Waals surface area contributed by atoms with Gasteiger partial charge < -0.3 is 29.7 Å². The number of carbonyl (C=O) groups excluding carboxylic acids is 3. The SMILES string of the molecule is CCc1ccccc1C(=O)[O-].CCc1ccccc1C(=O)[O-].CCc1ccccc1C(=O)[O-].[In+3]. The van der Waals surface area contributed by atoms with E-state index in [0.29, 0.717) is 16.7 Å². The van der Waals surface area contributed by atoms with Crippen LogP contribution in [0.2, 0.25) is 0 Å². The Balaban J connectivity index is 0.000000473. The molecule has 3 aromatic carbocycles. The van der Waals surface area contributed by atoms with Gasteiger partial charge in [-0.25, -0.2) is 0 Å². The van der Waals surface area contributed by atoms with Crippen LogP contribution in [0.1, 0.15) is 68.5 Å². The maximum absolute atomic E-state index is 10.5. The van der Waals surface area contributed by atoms with E-state index >= 15 is 0 Å². The molecule has 7 heteroatoms. The first kappa shape index (κ1) is 30.9. The summed E-state index contributed by atoms with van der Waals surface area (Å²) in [6, 6.07) is 20.7. The average Bonchev–Trinajstić information content (AvgIpc) is 2.84. The molecule has 0 bridgehead atoms. The Morgan fingerprint density at radius 3 is 0.853 bits per heavy atom. The zero-order valence-corrected chi connectivity index (χ0v) is 22.9. The van der Waals surface area contributed by atoms with Crippen molar-refractivity contribution in [3.63, 3.8) is 0 Å². The quantitative estimate of drug-likeness (QED) is 0.449. The van der Waals surface area contributed by atoms with E-state index in [-0.39, 0.29) is 25.8 Å². The van der Waals surface area contributed by atoms with Gasteiger partial charge in [-0.15, -0.1) is 0 Å². The number of hydrogen-bond donors (Lipinski definition) is 0. The van der Waals surface area contributed by atoms with Crippen LogP contribution >= 0.6 is 0 Å². The Hall–Kier alpha value is -3.06. The monoisotopic (exact) mass is 562 g/mol. The van der Waals surface area contributed by atoms with Crippen molar-refractivity contribution >= 4 is 43.8 Å². The number of aromatic carboxylic acids is 3. The molecule has 174 valence electrons. The molecule has 0 heterocycles. The fourth-order valence-corrected chi connectivity index (χ4v) is 3.08. The first-order valence-corrected chi connectivity index (χ1v) is 10.6. The van der Waals surface area contributed by atoms with E-state index in [0.717, 1.165) is 36.0 Å². The van der Waals surface area contributed by atoms with Gasteiger partial charge in [0, 0.05) is 16.7 Å². The predicted molar refractivity (Wildman–Crippen MR) is 126 cm³/mol. The molecular weight excluding hydrogens is 535 g/mol. The third-order valence-electron chi connectivity index (χ3n) is 4.85. The molecule has 0 saturated carbocycles. The largest absolute Gasteiger partial charge is 3.00 e. The van der Waals surface area contributed by atoms with Crippen LogP contribution in [0.5, 0.6) is 0 Å². The number of carboxylic acids is 3. The zero-order chi connectivity index (χ0) is 24.8. The number of aryl methyl sites for hydroxylation is 3. The molecule has 34 heavy (non-hydrogen) atoms. The van der Waals surface area contributed by atoms with Crippen LogP contribution in [0.25, 0.3) is 0 Å².